The van der Waals surface area contributed by atoms with Gasteiger partial charge in [-0.15, -0.1) is 0 Å². The molecule has 2 aliphatic heterocycles. The molecule has 0 bridgehead atoms. The van der Waals surface area contributed by atoms with Gasteiger partial charge in [0.2, 0.25) is 0 Å². The van der Waals surface area contributed by atoms with Crippen LogP contribution in [-0.2, 0) is 0 Å². The summed E-state index contributed by atoms with van der Waals surface area (Å²) in [5.41, 5.74) is 0. The smallest absolute Gasteiger partial charge is 0.179 e. The normalized spacial score (nSPS) is 30.6. The highest BCUT2D eigenvalue weighted by molar-refractivity contribution is 4.90. The van der Waals surface area contributed by atoms with Crippen LogP contribution < -0.4 is 0 Å². The summed E-state index contributed by atoms with van der Waals surface area (Å²) in [5, 5.41) is 8.77. The van der Waals surface area contributed by atoms with Crippen LogP contribution in [0.25, 0.3) is 0 Å². The van der Waals surface area contributed by atoms with E-state index in [0.717, 1.165) is 19.5 Å². The topological polar surface area (TPSA) is 33.5 Å². The number of hydrogen-bond acceptors (Lipinski definition) is 4. The van der Waals surface area contributed by atoms with Crippen molar-refractivity contribution in [3.05, 3.63) is 0 Å². The van der Waals surface area contributed by atoms with Crippen molar-refractivity contribution in [2.75, 3.05) is 46.3 Å². The van der Waals surface area contributed by atoms with E-state index >= 15 is 0 Å². The van der Waals surface area contributed by atoms with Crippen LogP contribution in [0.15, 0.2) is 0 Å². The lowest BCUT2D eigenvalue weighted by molar-refractivity contribution is 0.116. The lowest BCUT2D eigenvalue weighted by Crippen LogP contribution is -2.49. The molecule has 2 aliphatic rings. The molecule has 0 aromatic carbocycles. The highest BCUT2D eigenvalue weighted by Gasteiger charge is 2.28. The second-order valence-corrected chi connectivity index (χ2v) is 4.33. The van der Waals surface area contributed by atoms with Crippen LogP contribution in [0.4, 0.5) is 0 Å². The van der Waals surface area contributed by atoms with Gasteiger partial charge in [0, 0.05) is 45.3 Å². The molecule has 0 spiro atoms. The maximum absolute atomic E-state index is 8.77. The Bertz CT molecular complexity index is 227. The van der Waals surface area contributed by atoms with E-state index in [0.29, 0.717) is 6.04 Å². The zero-order chi connectivity index (χ0) is 9.97. The molecule has 0 radical (unpaired) electrons. The number of likely N-dealkylation sites (tertiary alicyclic amines) is 1. The van der Waals surface area contributed by atoms with Gasteiger partial charge in [0.05, 0.1) is 0 Å². The lowest BCUT2D eigenvalue weighted by atomic mass is 10.2. The second-order valence-electron chi connectivity index (χ2n) is 4.33. The van der Waals surface area contributed by atoms with Crippen molar-refractivity contribution in [2.45, 2.75) is 12.5 Å². The Morgan fingerprint density at radius 1 is 1.14 bits per heavy atom. The van der Waals surface area contributed by atoms with Crippen molar-refractivity contribution >= 4 is 0 Å². The van der Waals surface area contributed by atoms with E-state index in [2.05, 4.69) is 23.0 Å². The first-order valence-electron chi connectivity index (χ1n) is 5.37. The first-order chi connectivity index (χ1) is 6.79. The Morgan fingerprint density at radius 2 is 1.86 bits per heavy atom. The quantitative estimate of drug-likeness (QED) is 0.541. The molecule has 2 fully saturated rings. The van der Waals surface area contributed by atoms with Crippen LogP contribution in [0.2, 0.25) is 0 Å². The maximum Gasteiger partial charge on any atom is 0.179 e. The molecule has 4 nitrogen and oxygen atoms in total. The maximum atomic E-state index is 8.77. The summed E-state index contributed by atoms with van der Waals surface area (Å²) in [5.74, 6) is 0. The number of rotatable bonds is 1. The van der Waals surface area contributed by atoms with Crippen molar-refractivity contribution in [1.29, 1.82) is 5.26 Å². The van der Waals surface area contributed by atoms with E-state index in [1.807, 2.05) is 4.90 Å². The van der Waals surface area contributed by atoms with Gasteiger partial charge in [-0.25, -0.2) is 0 Å². The van der Waals surface area contributed by atoms with Crippen molar-refractivity contribution in [2.24, 2.45) is 0 Å². The number of nitrogens with zero attached hydrogens (tertiary/aromatic N) is 4. The van der Waals surface area contributed by atoms with E-state index < -0.39 is 0 Å². The third-order valence-electron chi connectivity index (χ3n) is 3.36. The Hall–Kier alpha value is -0.790. The van der Waals surface area contributed by atoms with Gasteiger partial charge >= 0.3 is 0 Å². The van der Waals surface area contributed by atoms with Gasteiger partial charge in [-0.05, 0) is 13.5 Å². The predicted molar refractivity (Wildman–Crippen MR) is 54.7 cm³/mol. The molecule has 0 saturated carbocycles. The molecule has 0 aromatic heterocycles. The van der Waals surface area contributed by atoms with E-state index in [-0.39, 0.29) is 0 Å². The molecule has 2 saturated heterocycles. The molecule has 14 heavy (non-hydrogen) atoms. The van der Waals surface area contributed by atoms with Crippen molar-refractivity contribution in [3.8, 4) is 6.19 Å². The number of nitriles is 1. The molecule has 0 amide bonds. The highest BCUT2D eigenvalue weighted by Crippen LogP contribution is 2.16. The molecule has 1 atom stereocenters. The average Bonchev–Trinajstić information content (AvgIpc) is 2.67. The second kappa shape index (κ2) is 4.16. The molecule has 4 heteroatoms. The monoisotopic (exact) mass is 194 g/mol. The largest absolute Gasteiger partial charge is 0.309 e. The van der Waals surface area contributed by atoms with Crippen LogP contribution >= 0.6 is 0 Å². The Balaban J connectivity index is 1.83. The Morgan fingerprint density at radius 3 is 2.43 bits per heavy atom. The van der Waals surface area contributed by atoms with E-state index in [1.165, 1.54) is 26.2 Å². The summed E-state index contributed by atoms with van der Waals surface area (Å²) in [4.78, 5) is 6.79. The molecule has 78 valence electrons. The van der Waals surface area contributed by atoms with E-state index in [4.69, 9.17) is 5.26 Å². The first kappa shape index (κ1) is 9.75. The van der Waals surface area contributed by atoms with Gasteiger partial charge in [0.1, 0.15) is 0 Å². The standard InChI is InChI=1S/C10H18N4/c1-12-4-6-14(7-5-12)10-2-3-13(8-10)9-11/h10H,2-8H2,1H3. The number of hydrogen-bond donors (Lipinski definition) is 0. The Labute approximate surface area is 85.7 Å². The van der Waals surface area contributed by atoms with Crippen LogP contribution in [0, 0.1) is 11.5 Å². The van der Waals surface area contributed by atoms with Crippen molar-refractivity contribution in [1.82, 2.24) is 14.7 Å². The zero-order valence-corrected chi connectivity index (χ0v) is 8.82. The van der Waals surface area contributed by atoms with Crippen molar-refractivity contribution in [3.63, 3.8) is 0 Å². The molecule has 2 rings (SSSR count). The van der Waals surface area contributed by atoms with Gasteiger partial charge in [0.15, 0.2) is 6.19 Å². The molecular formula is C10H18N4. The highest BCUT2D eigenvalue weighted by atomic mass is 15.3. The molecular weight excluding hydrogens is 176 g/mol. The van der Waals surface area contributed by atoms with Crippen LogP contribution in [0.5, 0.6) is 0 Å². The minimum Gasteiger partial charge on any atom is -0.309 e. The van der Waals surface area contributed by atoms with Gasteiger partial charge in [-0.1, -0.05) is 0 Å². The van der Waals surface area contributed by atoms with Gasteiger partial charge in [-0.2, -0.15) is 5.26 Å². The molecule has 0 aliphatic carbocycles. The first-order valence-corrected chi connectivity index (χ1v) is 5.37. The Kier molecular flexibility index (Phi) is 2.90. The van der Waals surface area contributed by atoms with Gasteiger partial charge < -0.3 is 9.80 Å². The summed E-state index contributed by atoms with van der Waals surface area (Å²) in [6.45, 7) is 6.57. The van der Waals surface area contributed by atoms with Crippen LogP contribution in [-0.4, -0.2) is 67.1 Å². The fraction of sp³-hybridized carbons (Fsp3) is 0.900. The van der Waals surface area contributed by atoms with E-state index in [9.17, 15) is 0 Å². The summed E-state index contributed by atoms with van der Waals surface area (Å²) in [6.07, 6.45) is 3.40. The number of piperazine rings is 1. The fourth-order valence-electron chi connectivity index (χ4n) is 2.32. The fourth-order valence-corrected chi connectivity index (χ4v) is 2.32. The summed E-state index contributed by atoms with van der Waals surface area (Å²) in [7, 11) is 2.17. The van der Waals surface area contributed by atoms with Gasteiger partial charge in [0.25, 0.3) is 0 Å². The van der Waals surface area contributed by atoms with E-state index in [1.54, 1.807) is 0 Å². The van der Waals surface area contributed by atoms with Crippen LogP contribution in [0.1, 0.15) is 6.42 Å². The SMILES string of the molecule is CN1CCN(C2CCN(C#N)C2)CC1. The molecule has 2 heterocycles. The number of likely N-dealkylation sites (N-methyl/N-ethyl adjacent to an activating group) is 1. The molecule has 1 unspecified atom stereocenters. The minimum absolute atomic E-state index is 0.628. The molecule has 0 aromatic rings. The average molecular weight is 194 g/mol. The summed E-state index contributed by atoms with van der Waals surface area (Å²) < 4.78 is 0. The molecule has 0 N–H and O–H groups in total. The third-order valence-corrected chi connectivity index (χ3v) is 3.36. The summed E-state index contributed by atoms with van der Waals surface area (Å²) >= 11 is 0. The van der Waals surface area contributed by atoms with Crippen molar-refractivity contribution < 1.29 is 0 Å². The zero-order valence-electron chi connectivity index (χ0n) is 8.82. The summed E-state index contributed by atoms with van der Waals surface area (Å²) in [6, 6.07) is 0.628. The minimum atomic E-state index is 0.628. The third kappa shape index (κ3) is 1.99. The predicted octanol–water partition coefficient (Wildman–Crippen LogP) is -0.211. The van der Waals surface area contributed by atoms with Gasteiger partial charge in [-0.3, -0.25) is 4.90 Å². The van der Waals surface area contributed by atoms with Crippen LogP contribution in [0.3, 0.4) is 0 Å². The lowest BCUT2D eigenvalue weighted by Gasteiger charge is -2.36.